The Balaban J connectivity index is 2.16. The summed E-state index contributed by atoms with van der Waals surface area (Å²) >= 11 is 5.76. The zero-order valence-corrected chi connectivity index (χ0v) is 8.07. The number of hydrogen-bond acceptors (Lipinski definition) is 3. The van der Waals surface area contributed by atoms with Gasteiger partial charge in [-0.1, -0.05) is 11.6 Å². The quantitative estimate of drug-likeness (QED) is 0.819. The Bertz CT molecular complexity index is 399. The van der Waals surface area contributed by atoms with E-state index in [4.69, 9.17) is 11.6 Å². The molecule has 2 rings (SSSR count). The van der Waals surface area contributed by atoms with Crippen molar-refractivity contribution in [2.75, 3.05) is 5.32 Å². The fourth-order valence-corrected chi connectivity index (χ4v) is 1.17. The highest BCUT2D eigenvalue weighted by molar-refractivity contribution is 6.30. The molecule has 1 N–H and O–H groups in total. The summed E-state index contributed by atoms with van der Waals surface area (Å²) in [5, 5.41) is 3.82. The number of anilines is 2. The molecule has 3 nitrogen and oxygen atoms in total. The summed E-state index contributed by atoms with van der Waals surface area (Å²) in [6, 6.07) is 7.41. The topological polar surface area (TPSA) is 37.8 Å². The number of aromatic nitrogens is 2. The minimum atomic E-state index is 0.717. The lowest BCUT2D eigenvalue weighted by Gasteiger charge is -2.03. The van der Waals surface area contributed by atoms with Crippen molar-refractivity contribution in [3.8, 4) is 0 Å². The first-order valence-corrected chi connectivity index (χ1v) is 4.51. The van der Waals surface area contributed by atoms with Gasteiger partial charge in [-0.05, 0) is 24.3 Å². The fourth-order valence-electron chi connectivity index (χ4n) is 1.04. The van der Waals surface area contributed by atoms with Crippen molar-refractivity contribution in [2.45, 2.75) is 0 Å². The molecule has 0 aliphatic rings. The lowest BCUT2D eigenvalue weighted by molar-refractivity contribution is 1.20. The summed E-state index contributed by atoms with van der Waals surface area (Å²) in [5.74, 6) is 0.717. The maximum atomic E-state index is 5.76. The maximum absolute atomic E-state index is 5.76. The van der Waals surface area contributed by atoms with Crippen LogP contribution in [-0.4, -0.2) is 9.97 Å². The van der Waals surface area contributed by atoms with E-state index in [1.165, 1.54) is 0 Å². The third-order valence-corrected chi connectivity index (χ3v) is 1.93. The van der Waals surface area contributed by atoms with E-state index in [1.807, 2.05) is 24.3 Å². The van der Waals surface area contributed by atoms with Crippen molar-refractivity contribution >= 4 is 23.1 Å². The van der Waals surface area contributed by atoms with Gasteiger partial charge in [-0.3, -0.25) is 4.98 Å². The van der Waals surface area contributed by atoms with Gasteiger partial charge in [0.15, 0.2) is 0 Å². The number of nitrogens with one attached hydrogen (secondary N) is 1. The smallest absolute Gasteiger partial charge is 0.148 e. The molecule has 2 aromatic rings. The van der Waals surface area contributed by atoms with Gasteiger partial charge in [0.2, 0.25) is 0 Å². The third-order valence-electron chi connectivity index (χ3n) is 1.68. The van der Waals surface area contributed by atoms with E-state index in [-0.39, 0.29) is 0 Å². The summed E-state index contributed by atoms with van der Waals surface area (Å²) in [6.07, 6.45) is 4.93. The van der Waals surface area contributed by atoms with Crippen molar-refractivity contribution in [1.82, 2.24) is 9.97 Å². The molecule has 1 heterocycles. The molecular weight excluding hydrogens is 198 g/mol. The van der Waals surface area contributed by atoms with Gasteiger partial charge >= 0.3 is 0 Å². The Hall–Kier alpha value is -1.61. The average Bonchev–Trinajstić information content (AvgIpc) is 2.23. The minimum Gasteiger partial charge on any atom is -0.339 e. The normalized spacial score (nSPS) is 9.79. The van der Waals surface area contributed by atoms with Gasteiger partial charge < -0.3 is 5.32 Å². The van der Waals surface area contributed by atoms with Crippen molar-refractivity contribution in [2.24, 2.45) is 0 Å². The van der Waals surface area contributed by atoms with E-state index < -0.39 is 0 Å². The lowest BCUT2D eigenvalue weighted by Crippen LogP contribution is -1.92. The van der Waals surface area contributed by atoms with Crippen LogP contribution in [0, 0.1) is 0 Å². The highest BCUT2D eigenvalue weighted by Gasteiger charge is 1.94. The zero-order chi connectivity index (χ0) is 9.80. The van der Waals surface area contributed by atoms with E-state index >= 15 is 0 Å². The lowest BCUT2D eigenvalue weighted by atomic mass is 10.3. The number of rotatable bonds is 2. The second-order valence-electron chi connectivity index (χ2n) is 2.72. The van der Waals surface area contributed by atoms with Crippen LogP contribution in [0.1, 0.15) is 0 Å². The molecule has 0 saturated heterocycles. The zero-order valence-electron chi connectivity index (χ0n) is 7.31. The Morgan fingerprint density at radius 3 is 2.50 bits per heavy atom. The number of nitrogens with zero attached hydrogens (tertiary/aromatic N) is 2. The van der Waals surface area contributed by atoms with Crippen LogP contribution in [-0.2, 0) is 0 Å². The monoisotopic (exact) mass is 205 g/mol. The minimum absolute atomic E-state index is 0.717. The Morgan fingerprint density at radius 1 is 1.07 bits per heavy atom. The second-order valence-corrected chi connectivity index (χ2v) is 3.16. The van der Waals surface area contributed by atoms with Crippen LogP contribution >= 0.6 is 11.6 Å². The molecule has 0 spiro atoms. The summed E-state index contributed by atoms with van der Waals surface area (Å²) in [4.78, 5) is 8.04. The van der Waals surface area contributed by atoms with Gasteiger partial charge in [0.1, 0.15) is 5.82 Å². The van der Waals surface area contributed by atoms with Gasteiger partial charge in [-0.25, -0.2) is 4.98 Å². The summed E-state index contributed by atoms with van der Waals surface area (Å²) in [6.45, 7) is 0. The van der Waals surface area contributed by atoms with Crippen LogP contribution < -0.4 is 5.32 Å². The van der Waals surface area contributed by atoms with Crippen LogP contribution in [0.3, 0.4) is 0 Å². The molecule has 4 heteroatoms. The molecule has 0 aliphatic heterocycles. The molecule has 0 saturated carbocycles. The number of benzene rings is 1. The van der Waals surface area contributed by atoms with Crippen LogP contribution in [0.15, 0.2) is 42.9 Å². The first-order valence-electron chi connectivity index (χ1n) is 4.13. The van der Waals surface area contributed by atoms with Gasteiger partial charge in [0.25, 0.3) is 0 Å². The van der Waals surface area contributed by atoms with Crippen LogP contribution in [0.5, 0.6) is 0 Å². The summed E-state index contributed by atoms with van der Waals surface area (Å²) < 4.78 is 0. The predicted molar refractivity (Wildman–Crippen MR) is 56.8 cm³/mol. The van der Waals surface area contributed by atoms with Crippen LogP contribution in [0.4, 0.5) is 11.5 Å². The van der Waals surface area contributed by atoms with E-state index in [0.717, 1.165) is 16.5 Å². The molecule has 14 heavy (non-hydrogen) atoms. The van der Waals surface area contributed by atoms with E-state index in [1.54, 1.807) is 18.6 Å². The highest BCUT2D eigenvalue weighted by atomic mass is 35.5. The van der Waals surface area contributed by atoms with Crippen molar-refractivity contribution in [3.63, 3.8) is 0 Å². The van der Waals surface area contributed by atoms with Crippen LogP contribution in [0.2, 0.25) is 5.02 Å². The standard InChI is InChI=1S/C10H8ClN3/c11-8-1-3-9(4-2-8)14-10-7-12-5-6-13-10/h1-7H,(H,13,14). The molecule has 70 valence electrons. The molecule has 0 fully saturated rings. The molecule has 0 amide bonds. The molecule has 0 aliphatic carbocycles. The SMILES string of the molecule is Clc1ccc(Nc2cnccn2)cc1. The second kappa shape index (κ2) is 4.07. The van der Waals surface area contributed by atoms with Crippen molar-refractivity contribution in [1.29, 1.82) is 0 Å². The number of halogens is 1. The van der Waals surface area contributed by atoms with Crippen molar-refractivity contribution < 1.29 is 0 Å². The van der Waals surface area contributed by atoms with Gasteiger partial charge in [0.05, 0.1) is 6.20 Å². The van der Waals surface area contributed by atoms with E-state index in [2.05, 4.69) is 15.3 Å². The number of hydrogen-bond donors (Lipinski definition) is 1. The molecule has 0 unspecified atom stereocenters. The van der Waals surface area contributed by atoms with Crippen molar-refractivity contribution in [3.05, 3.63) is 47.9 Å². The third kappa shape index (κ3) is 2.20. The largest absolute Gasteiger partial charge is 0.339 e. The Kier molecular flexibility index (Phi) is 2.60. The molecule has 1 aromatic heterocycles. The summed E-state index contributed by atoms with van der Waals surface area (Å²) in [5.41, 5.74) is 0.940. The van der Waals surface area contributed by atoms with Crippen LogP contribution in [0.25, 0.3) is 0 Å². The summed E-state index contributed by atoms with van der Waals surface area (Å²) in [7, 11) is 0. The Morgan fingerprint density at radius 2 is 1.86 bits per heavy atom. The predicted octanol–water partition coefficient (Wildman–Crippen LogP) is 2.87. The average molecular weight is 206 g/mol. The maximum Gasteiger partial charge on any atom is 0.148 e. The van der Waals surface area contributed by atoms with E-state index in [0.29, 0.717) is 0 Å². The van der Waals surface area contributed by atoms with Gasteiger partial charge in [-0.15, -0.1) is 0 Å². The van der Waals surface area contributed by atoms with E-state index in [9.17, 15) is 0 Å². The fraction of sp³-hybridized carbons (Fsp3) is 0. The first-order chi connectivity index (χ1) is 6.84. The van der Waals surface area contributed by atoms with Gasteiger partial charge in [0, 0.05) is 23.1 Å². The highest BCUT2D eigenvalue weighted by Crippen LogP contribution is 2.16. The molecular formula is C10H8ClN3. The Labute approximate surface area is 86.8 Å². The van der Waals surface area contributed by atoms with Gasteiger partial charge in [-0.2, -0.15) is 0 Å². The molecule has 0 radical (unpaired) electrons. The molecule has 0 bridgehead atoms. The first kappa shape index (κ1) is 8.97. The molecule has 0 atom stereocenters. The molecule has 1 aromatic carbocycles.